The van der Waals surface area contributed by atoms with Crippen molar-refractivity contribution in [1.82, 2.24) is 10.6 Å². The molecule has 0 aromatic heterocycles. The van der Waals surface area contributed by atoms with Crippen LogP contribution >= 0.6 is 11.8 Å². The predicted octanol–water partition coefficient (Wildman–Crippen LogP) is 0.750. The van der Waals surface area contributed by atoms with Gasteiger partial charge in [-0.2, -0.15) is 11.8 Å². The van der Waals surface area contributed by atoms with E-state index in [0.29, 0.717) is 18.5 Å². The fourth-order valence-corrected chi connectivity index (χ4v) is 3.15. The van der Waals surface area contributed by atoms with Gasteiger partial charge >= 0.3 is 0 Å². The summed E-state index contributed by atoms with van der Waals surface area (Å²) in [7, 11) is 0. The molecule has 2 fully saturated rings. The summed E-state index contributed by atoms with van der Waals surface area (Å²) in [5.74, 6) is 2.77. The Hall–Kier alpha value is -0.220. The Morgan fingerprint density at radius 2 is 2.43 bits per heavy atom. The Balaban J connectivity index is 1.63. The summed E-state index contributed by atoms with van der Waals surface area (Å²) in [6.07, 6.45) is 4.35. The molecule has 0 spiro atoms. The monoisotopic (exact) mass is 214 g/mol. The van der Waals surface area contributed by atoms with Gasteiger partial charge in [-0.25, -0.2) is 0 Å². The van der Waals surface area contributed by atoms with Crippen molar-refractivity contribution in [3.63, 3.8) is 0 Å². The summed E-state index contributed by atoms with van der Waals surface area (Å²) >= 11 is 2.04. The van der Waals surface area contributed by atoms with Crippen LogP contribution < -0.4 is 10.6 Å². The fraction of sp³-hybridized carbons (Fsp3) is 0.900. The third kappa shape index (κ3) is 2.89. The average molecular weight is 214 g/mol. The van der Waals surface area contributed by atoms with Crippen molar-refractivity contribution >= 4 is 17.7 Å². The van der Waals surface area contributed by atoms with Gasteiger partial charge in [0.1, 0.15) is 0 Å². The van der Waals surface area contributed by atoms with E-state index in [1.54, 1.807) is 0 Å². The lowest BCUT2D eigenvalue weighted by molar-refractivity contribution is -0.119. The lowest BCUT2D eigenvalue weighted by Crippen LogP contribution is -2.42. The molecule has 0 aromatic rings. The number of hydrogen-bond donors (Lipinski definition) is 2. The van der Waals surface area contributed by atoms with E-state index < -0.39 is 0 Å². The number of rotatable bonds is 3. The highest BCUT2D eigenvalue weighted by Gasteiger charge is 2.21. The molecule has 4 heteroatoms. The van der Waals surface area contributed by atoms with Crippen molar-refractivity contribution < 1.29 is 4.79 Å². The molecule has 0 saturated carbocycles. The van der Waals surface area contributed by atoms with Crippen molar-refractivity contribution in [1.29, 1.82) is 0 Å². The molecule has 2 saturated heterocycles. The number of amides is 1. The molecule has 2 aliphatic heterocycles. The minimum absolute atomic E-state index is 0.217. The van der Waals surface area contributed by atoms with Crippen molar-refractivity contribution in [2.45, 2.75) is 37.8 Å². The van der Waals surface area contributed by atoms with E-state index in [2.05, 4.69) is 10.6 Å². The molecule has 0 aromatic carbocycles. The van der Waals surface area contributed by atoms with E-state index in [-0.39, 0.29) is 5.91 Å². The van der Waals surface area contributed by atoms with E-state index >= 15 is 0 Å². The van der Waals surface area contributed by atoms with Crippen LogP contribution in [0.3, 0.4) is 0 Å². The van der Waals surface area contributed by atoms with Gasteiger partial charge in [0.05, 0.1) is 0 Å². The van der Waals surface area contributed by atoms with Gasteiger partial charge in [-0.05, 0) is 25.0 Å². The molecule has 0 bridgehead atoms. The van der Waals surface area contributed by atoms with Gasteiger partial charge in [-0.15, -0.1) is 0 Å². The zero-order valence-electron chi connectivity index (χ0n) is 8.42. The van der Waals surface area contributed by atoms with Crippen LogP contribution in [-0.2, 0) is 4.79 Å². The first-order chi connectivity index (χ1) is 6.84. The van der Waals surface area contributed by atoms with Crippen LogP contribution in [0.25, 0.3) is 0 Å². The molecule has 80 valence electrons. The van der Waals surface area contributed by atoms with Crippen molar-refractivity contribution in [3.05, 3.63) is 0 Å². The summed E-state index contributed by atoms with van der Waals surface area (Å²) in [5.41, 5.74) is 0. The van der Waals surface area contributed by atoms with Gasteiger partial charge < -0.3 is 10.6 Å². The molecule has 2 heterocycles. The van der Waals surface area contributed by atoms with Crippen LogP contribution in [0.15, 0.2) is 0 Å². The highest BCUT2D eigenvalue weighted by atomic mass is 32.2. The number of nitrogens with one attached hydrogen (secondary N) is 2. The predicted molar refractivity (Wildman–Crippen MR) is 59.5 cm³/mol. The first kappa shape index (κ1) is 10.3. The van der Waals surface area contributed by atoms with Crippen molar-refractivity contribution in [3.8, 4) is 0 Å². The second-order valence-corrected chi connectivity index (χ2v) is 5.28. The third-order valence-corrected chi connectivity index (χ3v) is 4.11. The molecule has 2 aliphatic rings. The third-order valence-electron chi connectivity index (χ3n) is 2.90. The van der Waals surface area contributed by atoms with Gasteiger partial charge in [0.15, 0.2) is 0 Å². The number of hydrogen-bond acceptors (Lipinski definition) is 3. The summed E-state index contributed by atoms with van der Waals surface area (Å²) in [4.78, 5) is 11.0. The zero-order valence-corrected chi connectivity index (χ0v) is 9.24. The largest absolute Gasteiger partial charge is 0.352 e. The van der Waals surface area contributed by atoms with Crippen LogP contribution in [-0.4, -0.2) is 36.0 Å². The van der Waals surface area contributed by atoms with E-state index in [0.717, 1.165) is 13.0 Å². The molecule has 2 N–H and O–H groups in total. The van der Waals surface area contributed by atoms with Crippen LogP contribution in [0.5, 0.6) is 0 Å². The van der Waals surface area contributed by atoms with Crippen LogP contribution in [0.2, 0.25) is 0 Å². The van der Waals surface area contributed by atoms with Gasteiger partial charge in [0.25, 0.3) is 0 Å². The Morgan fingerprint density at radius 1 is 1.50 bits per heavy atom. The lowest BCUT2D eigenvalue weighted by Gasteiger charge is -2.24. The summed E-state index contributed by atoms with van der Waals surface area (Å²) in [6.45, 7) is 0.955. The Bertz CT molecular complexity index is 204. The van der Waals surface area contributed by atoms with E-state index in [1.807, 2.05) is 11.8 Å². The van der Waals surface area contributed by atoms with Crippen LogP contribution in [0, 0.1) is 0 Å². The highest BCUT2D eigenvalue weighted by Crippen LogP contribution is 2.17. The normalized spacial score (nSPS) is 33.0. The summed E-state index contributed by atoms with van der Waals surface area (Å²) < 4.78 is 0. The standard InChI is InChI=1S/C10H18N2OS/c13-10-4-3-8(12-10)6-11-9-2-1-5-14-7-9/h8-9,11H,1-7H2,(H,12,13). The van der Waals surface area contributed by atoms with Gasteiger partial charge in [-0.3, -0.25) is 4.79 Å². The molecule has 2 rings (SSSR count). The topological polar surface area (TPSA) is 41.1 Å². The van der Waals surface area contributed by atoms with Crippen molar-refractivity contribution in [2.75, 3.05) is 18.1 Å². The summed E-state index contributed by atoms with van der Waals surface area (Å²) in [6, 6.07) is 1.06. The van der Waals surface area contributed by atoms with Crippen LogP contribution in [0.1, 0.15) is 25.7 Å². The quantitative estimate of drug-likeness (QED) is 0.728. The maximum absolute atomic E-state index is 11.0. The van der Waals surface area contributed by atoms with E-state index in [4.69, 9.17) is 0 Å². The van der Waals surface area contributed by atoms with Gasteiger partial charge in [0.2, 0.25) is 5.91 Å². The fourth-order valence-electron chi connectivity index (χ4n) is 2.04. The molecule has 0 radical (unpaired) electrons. The van der Waals surface area contributed by atoms with Gasteiger partial charge in [0, 0.05) is 30.8 Å². The number of thioether (sulfide) groups is 1. The SMILES string of the molecule is O=C1CCC(CNC2CCCSC2)N1. The minimum Gasteiger partial charge on any atom is -0.352 e. The number of carbonyl (C=O) groups is 1. The molecule has 1 amide bonds. The average Bonchev–Trinajstić information content (AvgIpc) is 2.63. The molecule has 2 unspecified atom stereocenters. The molecular weight excluding hydrogens is 196 g/mol. The molecule has 2 atom stereocenters. The van der Waals surface area contributed by atoms with Crippen molar-refractivity contribution in [2.24, 2.45) is 0 Å². The highest BCUT2D eigenvalue weighted by molar-refractivity contribution is 7.99. The second kappa shape index (κ2) is 5.03. The van der Waals surface area contributed by atoms with Crippen LogP contribution in [0.4, 0.5) is 0 Å². The maximum atomic E-state index is 11.0. The smallest absolute Gasteiger partial charge is 0.220 e. The first-order valence-electron chi connectivity index (χ1n) is 5.45. The van der Waals surface area contributed by atoms with Gasteiger partial charge in [-0.1, -0.05) is 0 Å². The van der Waals surface area contributed by atoms with E-state index in [1.165, 1.54) is 24.3 Å². The Kier molecular flexibility index (Phi) is 3.70. The molecule has 0 aliphatic carbocycles. The zero-order chi connectivity index (χ0) is 9.80. The number of carbonyl (C=O) groups excluding carboxylic acids is 1. The Morgan fingerprint density at radius 3 is 3.07 bits per heavy atom. The molecule has 3 nitrogen and oxygen atoms in total. The Labute approximate surface area is 89.4 Å². The molecular formula is C10H18N2OS. The lowest BCUT2D eigenvalue weighted by atomic mass is 10.1. The summed E-state index contributed by atoms with van der Waals surface area (Å²) in [5, 5.41) is 6.53. The second-order valence-electron chi connectivity index (χ2n) is 4.13. The first-order valence-corrected chi connectivity index (χ1v) is 6.60. The van der Waals surface area contributed by atoms with E-state index in [9.17, 15) is 4.79 Å². The molecule has 14 heavy (non-hydrogen) atoms. The minimum atomic E-state index is 0.217. The maximum Gasteiger partial charge on any atom is 0.220 e.